The summed E-state index contributed by atoms with van der Waals surface area (Å²) in [6.07, 6.45) is 0. The fourth-order valence-electron chi connectivity index (χ4n) is 3.03. The maximum Gasteiger partial charge on any atom is 0.244 e. The molecular weight excluding hydrogens is 314 g/mol. The summed E-state index contributed by atoms with van der Waals surface area (Å²) in [6.45, 7) is 6.87. The van der Waals surface area contributed by atoms with Gasteiger partial charge in [0.1, 0.15) is 5.58 Å². The molecule has 0 saturated heterocycles. The summed E-state index contributed by atoms with van der Waals surface area (Å²) >= 11 is 6.01. The first-order chi connectivity index (χ1) is 10.8. The number of hydrogen-bond acceptors (Lipinski definition) is 3. The molecule has 0 aliphatic heterocycles. The van der Waals surface area contributed by atoms with Crippen molar-refractivity contribution in [2.75, 3.05) is 0 Å². The summed E-state index contributed by atoms with van der Waals surface area (Å²) in [5.41, 5.74) is 3.64. The first-order valence-corrected chi connectivity index (χ1v) is 7.62. The zero-order valence-corrected chi connectivity index (χ0v) is 14.1. The van der Waals surface area contributed by atoms with Gasteiger partial charge in [0.15, 0.2) is 11.5 Å². The standard InChI is InChI=1S/C18H16ClNO3/c1-8-13-7-12(19)5-6-14(13)23-18(8)17(22)16-9(2)15(11(4)21)10(3)20-16/h5-7,20H,1-4H3. The highest BCUT2D eigenvalue weighted by Crippen LogP contribution is 2.30. The molecular formula is C18H16ClNO3. The minimum absolute atomic E-state index is 0.0663. The minimum Gasteiger partial charge on any atom is -0.452 e. The number of fused-ring (bicyclic) bond motifs is 1. The largest absolute Gasteiger partial charge is 0.452 e. The van der Waals surface area contributed by atoms with E-state index in [4.69, 9.17) is 16.0 Å². The van der Waals surface area contributed by atoms with Crippen molar-refractivity contribution in [3.63, 3.8) is 0 Å². The molecule has 0 saturated carbocycles. The van der Waals surface area contributed by atoms with Crippen LogP contribution >= 0.6 is 11.6 Å². The molecule has 1 aromatic carbocycles. The zero-order valence-electron chi connectivity index (χ0n) is 13.3. The van der Waals surface area contributed by atoms with E-state index in [1.165, 1.54) is 6.92 Å². The van der Waals surface area contributed by atoms with Crippen molar-refractivity contribution in [3.8, 4) is 0 Å². The molecule has 0 fully saturated rings. The average Bonchev–Trinajstić information content (AvgIpc) is 2.96. The van der Waals surface area contributed by atoms with Crippen LogP contribution in [0.4, 0.5) is 0 Å². The van der Waals surface area contributed by atoms with E-state index in [1.54, 1.807) is 32.0 Å². The van der Waals surface area contributed by atoms with E-state index < -0.39 is 0 Å². The fourth-order valence-corrected chi connectivity index (χ4v) is 3.20. The van der Waals surface area contributed by atoms with Crippen molar-refractivity contribution in [1.29, 1.82) is 0 Å². The van der Waals surface area contributed by atoms with Crippen LogP contribution in [0.2, 0.25) is 5.02 Å². The Morgan fingerprint density at radius 2 is 1.83 bits per heavy atom. The van der Waals surface area contributed by atoms with Gasteiger partial charge in [-0.2, -0.15) is 0 Å². The number of aryl methyl sites for hydroxylation is 2. The predicted octanol–water partition coefficient (Wildman–Crippen LogP) is 4.77. The van der Waals surface area contributed by atoms with Crippen LogP contribution in [-0.4, -0.2) is 16.6 Å². The molecule has 2 heterocycles. The molecule has 23 heavy (non-hydrogen) atoms. The van der Waals surface area contributed by atoms with E-state index in [9.17, 15) is 9.59 Å². The van der Waals surface area contributed by atoms with Gasteiger partial charge in [0.05, 0.1) is 5.69 Å². The van der Waals surface area contributed by atoms with Gasteiger partial charge in [-0.05, 0) is 51.5 Å². The number of aromatic nitrogens is 1. The van der Waals surface area contributed by atoms with Crippen LogP contribution in [0.3, 0.4) is 0 Å². The Bertz CT molecular complexity index is 962. The summed E-state index contributed by atoms with van der Waals surface area (Å²) in [5, 5.41) is 1.40. The number of nitrogens with one attached hydrogen (secondary N) is 1. The van der Waals surface area contributed by atoms with Crippen LogP contribution in [0.25, 0.3) is 11.0 Å². The third-order valence-corrected chi connectivity index (χ3v) is 4.36. The quantitative estimate of drug-likeness (QED) is 0.704. The number of carbonyl (C=O) groups is 2. The highest BCUT2D eigenvalue weighted by molar-refractivity contribution is 6.31. The number of aromatic amines is 1. The zero-order chi connectivity index (χ0) is 16.9. The number of H-pyrrole nitrogens is 1. The Hall–Kier alpha value is -2.33. The van der Waals surface area contributed by atoms with Crippen molar-refractivity contribution in [1.82, 2.24) is 4.98 Å². The van der Waals surface area contributed by atoms with Gasteiger partial charge >= 0.3 is 0 Å². The van der Waals surface area contributed by atoms with Crippen molar-refractivity contribution < 1.29 is 14.0 Å². The number of rotatable bonds is 3. The van der Waals surface area contributed by atoms with E-state index in [2.05, 4.69) is 4.98 Å². The van der Waals surface area contributed by atoms with Gasteiger partial charge in [-0.1, -0.05) is 11.6 Å². The monoisotopic (exact) mass is 329 g/mol. The molecule has 1 N–H and O–H groups in total. The molecule has 0 aliphatic rings. The third kappa shape index (κ3) is 2.39. The fraction of sp³-hybridized carbons (Fsp3) is 0.222. The topological polar surface area (TPSA) is 63.1 Å². The van der Waals surface area contributed by atoms with E-state index in [1.807, 2.05) is 6.92 Å². The maximum absolute atomic E-state index is 12.9. The first-order valence-electron chi connectivity index (χ1n) is 7.24. The third-order valence-electron chi connectivity index (χ3n) is 4.12. The number of hydrogen-bond donors (Lipinski definition) is 1. The molecule has 4 nitrogen and oxygen atoms in total. The molecule has 0 aliphatic carbocycles. The van der Waals surface area contributed by atoms with Crippen molar-refractivity contribution in [3.05, 3.63) is 57.1 Å². The number of halogens is 1. The number of ketones is 2. The van der Waals surface area contributed by atoms with Gasteiger partial charge in [0.2, 0.25) is 5.78 Å². The molecule has 0 bridgehead atoms. The second-order valence-corrected chi connectivity index (χ2v) is 6.14. The number of benzene rings is 1. The molecule has 118 valence electrons. The van der Waals surface area contributed by atoms with E-state index in [0.29, 0.717) is 33.1 Å². The van der Waals surface area contributed by atoms with Gasteiger partial charge in [0.25, 0.3) is 0 Å². The predicted molar refractivity (Wildman–Crippen MR) is 89.7 cm³/mol. The van der Waals surface area contributed by atoms with Crippen LogP contribution < -0.4 is 0 Å². The molecule has 0 amide bonds. The van der Waals surface area contributed by atoms with Gasteiger partial charge in [-0.15, -0.1) is 0 Å². The van der Waals surface area contributed by atoms with E-state index >= 15 is 0 Å². The lowest BCUT2D eigenvalue weighted by Crippen LogP contribution is -2.04. The molecule has 0 radical (unpaired) electrons. The summed E-state index contributed by atoms with van der Waals surface area (Å²) in [5.74, 6) is -0.0620. The number of furan rings is 1. The van der Waals surface area contributed by atoms with Gasteiger partial charge < -0.3 is 9.40 Å². The van der Waals surface area contributed by atoms with Crippen molar-refractivity contribution >= 4 is 34.1 Å². The van der Waals surface area contributed by atoms with Crippen LogP contribution in [0.1, 0.15) is 50.4 Å². The highest BCUT2D eigenvalue weighted by atomic mass is 35.5. The molecule has 0 unspecified atom stereocenters. The smallest absolute Gasteiger partial charge is 0.244 e. The lowest BCUT2D eigenvalue weighted by molar-refractivity contribution is 0.100. The Balaban J connectivity index is 2.17. The van der Waals surface area contributed by atoms with Crippen LogP contribution in [-0.2, 0) is 0 Å². The normalized spacial score (nSPS) is 11.2. The second-order valence-electron chi connectivity index (χ2n) is 5.71. The van der Waals surface area contributed by atoms with Crippen LogP contribution in [0, 0.1) is 20.8 Å². The Kier molecular flexibility index (Phi) is 3.65. The number of carbonyl (C=O) groups excluding carboxylic acids is 2. The molecule has 3 rings (SSSR count). The summed E-state index contributed by atoms with van der Waals surface area (Å²) in [4.78, 5) is 27.6. The Morgan fingerprint density at radius 1 is 1.13 bits per heavy atom. The van der Waals surface area contributed by atoms with E-state index in [0.717, 1.165) is 10.9 Å². The van der Waals surface area contributed by atoms with Crippen molar-refractivity contribution in [2.45, 2.75) is 27.7 Å². The summed E-state index contributed by atoms with van der Waals surface area (Å²) in [6, 6.07) is 5.24. The van der Waals surface area contributed by atoms with Gasteiger partial charge in [-0.25, -0.2) is 0 Å². The molecule has 0 spiro atoms. The van der Waals surface area contributed by atoms with E-state index in [-0.39, 0.29) is 17.3 Å². The summed E-state index contributed by atoms with van der Waals surface area (Å²) < 4.78 is 5.72. The lowest BCUT2D eigenvalue weighted by atomic mass is 10.0. The molecule has 3 aromatic rings. The van der Waals surface area contributed by atoms with Gasteiger partial charge in [0, 0.05) is 27.2 Å². The first kappa shape index (κ1) is 15.6. The van der Waals surface area contributed by atoms with Crippen LogP contribution in [0.15, 0.2) is 22.6 Å². The second kappa shape index (κ2) is 5.39. The minimum atomic E-state index is -0.261. The van der Waals surface area contributed by atoms with Crippen LogP contribution in [0.5, 0.6) is 0 Å². The average molecular weight is 330 g/mol. The van der Waals surface area contributed by atoms with Crippen molar-refractivity contribution in [2.24, 2.45) is 0 Å². The van der Waals surface area contributed by atoms with Gasteiger partial charge in [-0.3, -0.25) is 9.59 Å². The molecule has 2 aromatic heterocycles. The highest BCUT2D eigenvalue weighted by Gasteiger charge is 2.25. The SMILES string of the molecule is CC(=O)c1c(C)[nH]c(C(=O)c2oc3ccc(Cl)cc3c2C)c1C. The molecule has 0 atom stereocenters. The Labute approximate surface area is 138 Å². The summed E-state index contributed by atoms with van der Waals surface area (Å²) in [7, 11) is 0. The maximum atomic E-state index is 12.9. The number of Topliss-reactive ketones (excluding diaryl/α,β-unsaturated/α-hetero) is 1. The molecule has 5 heteroatoms. The Morgan fingerprint density at radius 3 is 2.43 bits per heavy atom. The lowest BCUT2D eigenvalue weighted by Gasteiger charge is -1.99.